The van der Waals surface area contributed by atoms with Crippen LogP contribution in [0.25, 0.3) is 0 Å². The zero-order valence-corrected chi connectivity index (χ0v) is 10.3. The van der Waals surface area contributed by atoms with Crippen LogP contribution in [0.5, 0.6) is 0 Å². The molecule has 5 atom stereocenters. The van der Waals surface area contributed by atoms with Gasteiger partial charge in [0.25, 0.3) is 0 Å². The van der Waals surface area contributed by atoms with E-state index in [4.69, 9.17) is 14.2 Å². The van der Waals surface area contributed by atoms with Crippen LogP contribution in [0.3, 0.4) is 0 Å². The van der Waals surface area contributed by atoms with E-state index in [1.807, 2.05) is 0 Å². The summed E-state index contributed by atoms with van der Waals surface area (Å²) in [5.41, 5.74) is -1.88. The maximum absolute atomic E-state index is 12.2. The van der Waals surface area contributed by atoms with Gasteiger partial charge in [0.2, 0.25) is 5.41 Å². The molecule has 5 heteroatoms. The van der Waals surface area contributed by atoms with Crippen LogP contribution in [0.4, 0.5) is 0 Å². The molecule has 98 valence electrons. The Morgan fingerprint density at radius 1 is 1.44 bits per heavy atom. The monoisotopic (exact) mass is 252 g/mol. The molecule has 0 unspecified atom stereocenters. The van der Waals surface area contributed by atoms with Gasteiger partial charge in [-0.05, 0) is 30.6 Å². The molecule has 0 aromatic rings. The molecule has 4 rings (SSSR count). The SMILES string of the molecule is COC(=O)[C@@]12C(=O)OC[C@@]13OC[C@@H]1CCC[C@H]3[C@@H]12. The molecule has 18 heavy (non-hydrogen) atoms. The summed E-state index contributed by atoms with van der Waals surface area (Å²) >= 11 is 0. The second-order valence-electron chi connectivity index (χ2n) is 5.90. The molecule has 2 aliphatic carbocycles. The van der Waals surface area contributed by atoms with E-state index < -0.39 is 23.0 Å². The summed E-state index contributed by atoms with van der Waals surface area (Å²) in [7, 11) is 1.33. The number of carbonyl (C=O) groups is 2. The Labute approximate surface area is 105 Å². The molecule has 0 N–H and O–H groups in total. The van der Waals surface area contributed by atoms with Gasteiger partial charge < -0.3 is 14.2 Å². The van der Waals surface area contributed by atoms with Crippen molar-refractivity contribution < 1.29 is 23.8 Å². The minimum absolute atomic E-state index is 0.0717. The molecule has 2 aliphatic heterocycles. The Kier molecular flexibility index (Phi) is 1.84. The third kappa shape index (κ3) is 0.802. The number of cyclic esters (lactones) is 1. The molecule has 0 aromatic heterocycles. The molecule has 0 spiro atoms. The molecule has 4 fully saturated rings. The zero-order chi connectivity index (χ0) is 12.5. The number of methoxy groups -OCH3 is 1. The molecular weight excluding hydrogens is 236 g/mol. The summed E-state index contributed by atoms with van der Waals surface area (Å²) in [5, 5.41) is 0. The highest BCUT2D eigenvalue weighted by Gasteiger charge is 2.88. The van der Waals surface area contributed by atoms with E-state index in [9.17, 15) is 9.59 Å². The minimum Gasteiger partial charge on any atom is -0.468 e. The van der Waals surface area contributed by atoms with Gasteiger partial charge in [-0.2, -0.15) is 0 Å². The second-order valence-corrected chi connectivity index (χ2v) is 5.90. The van der Waals surface area contributed by atoms with Gasteiger partial charge in [-0.25, -0.2) is 0 Å². The predicted octanol–water partition coefficient (Wildman–Crippen LogP) is 0.518. The highest BCUT2D eigenvalue weighted by atomic mass is 16.6. The Balaban J connectivity index is 1.88. The molecule has 0 radical (unpaired) electrons. The minimum atomic E-state index is -1.16. The largest absolute Gasteiger partial charge is 0.468 e. The highest BCUT2D eigenvalue weighted by molar-refractivity contribution is 6.05. The van der Waals surface area contributed by atoms with Crippen molar-refractivity contribution in [3.05, 3.63) is 0 Å². The van der Waals surface area contributed by atoms with Crippen LogP contribution in [-0.4, -0.2) is 37.9 Å². The fraction of sp³-hybridized carbons (Fsp3) is 0.846. The van der Waals surface area contributed by atoms with Crippen molar-refractivity contribution in [3.63, 3.8) is 0 Å². The molecule has 4 aliphatic rings. The summed E-state index contributed by atoms with van der Waals surface area (Å²) in [5.74, 6) is -0.228. The van der Waals surface area contributed by atoms with Gasteiger partial charge >= 0.3 is 11.9 Å². The van der Waals surface area contributed by atoms with Crippen LogP contribution >= 0.6 is 0 Å². The zero-order valence-electron chi connectivity index (χ0n) is 10.3. The van der Waals surface area contributed by atoms with Crippen molar-refractivity contribution in [2.75, 3.05) is 20.3 Å². The van der Waals surface area contributed by atoms with Gasteiger partial charge in [-0.3, -0.25) is 9.59 Å². The van der Waals surface area contributed by atoms with Gasteiger partial charge in [0.15, 0.2) is 0 Å². The maximum atomic E-state index is 12.2. The molecule has 2 saturated carbocycles. The average molecular weight is 252 g/mol. The first-order valence-electron chi connectivity index (χ1n) is 6.58. The Bertz CT molecular complexity index is 447. The molecule has 5 nitrogen and oxygen atoms in total. The maximum Gasteiger partial charge on any atom is 0.327 e. The van der Waals surface area contributed by atoms with E-state index in [1.165, 1.54) is 7.11 Å². The standard InChI is InChI=1S/C13H16O5/c1-16-10(14)13-9-7-3-2-4-8(9)12(13,18-5-7)6-17-11(13)15/h7-9H,2-6H2,1H3/t7-,8-,9+,12-,13-/m0/s1. The number of hydrogen-bond donors (Lipinski definition) is 0. The number of esters is 2. The molecular formula is C13H16O5. The van der Waals surface area contributed by atoms with Crippen LogP contribution < -0.4 is 0 Å². The number of rotatable bonds is 1. The van der Waals surface area contributed by atoms with Gasteiger partial charge in [-0.15, -0.1) is 0 Å². The first-order valence-corrected chi connectivity index (χ1v) is 6.58. The van der Waals surface area contributed by atoms with E-state index in [-0.39, 0.29) is 18.4 Å². The third-order valence-electron chi connectivity index (χ3n) is 5.60. The van der Waals surface area contributed by atoms with Crippen LogP contribution in [0.2, 0.25) is 0 Å². The van der Waals surface area contributed by atoms with Crippen molar-refractivity contribution >= 4 is 11.9 Å². The van der Waals surface area contributed by atoms with Crippen molar-refractivity contribution in [2.24, 2.45) is 23.2 Å². The summed E-state index contributed by atoms with van der Waals surface area (Å²) in [4.78, 5) is 24.4. The lowest BCUT2D eigenvalue weighted by molar-refractivity contribution is -0.325. The first-order chi connectivity index (χ1) is 8.68. The van der Waals surface area contributed by atoms with E-state index in [2.05, 4.69) is 0 Å². The van der Waals surface area contributed by atoms with Gasteiger partial charge in [-0.1, -0.05) is 6.42 Å². The average Bonchev–Trinajstić information content (AvgIpc) is 2.65. The third-order valence-corrected chi connectivity index (χ3v) is 5.60. The predicted molar refractivity (Wildman–Crippen MR) is 58.4 cm³/mol. The fourth-order valence-corrected chi connectivity index (χ4v) is 5.02. The van der Waals surface area contributed by atoms with Gasteiger partial charge in [0, 0.05) is 0 Å². The van der Waals surface area contributed by atoms with Crippen LogP contribution in [-0.2, 0) is 23.8 Å². The topological polar surface area (TPSA) is 61.8 Å². The van der Waals surface area contributed by atoms with E-state index in [0.717, 1.165) is 19.3 Å². The quantitative estimate of drug-likeness (QED) is 0.503. The number of carbonyl (C=O) groups excluding carboxylic acids is 2. The lowest BCUT2D eigenvalue weighted by atomic mass is 9.37. The van der Waals surface area contributed by atoms with Crippen molar-refractivity contribution in [2.45, 2.75) is 24.9 Å². The fourth-order valence-electron chi connectivity index (χ4n) is 5.02. The second kappa shape index (κ2) is 3.07. The summed E-state index contributed by atoms with van der Waals surface area (Å²) in [6, 6.07) is 0. The van der Waals surface area contributed by atoms with Crippen LogP contribution in [0.1, 0.15) is 19.3 Å². The van der Waals surface area contributed by atoms with Crippen LogP contribution in [0, 0.1) is 23.2 Å². The molecule has 2 saturated heterocycles. The molecule has 2 heterocycles. The number of hydrogen-bond acceptors (Lipinski definition) is 5. The summed E-state index contributed by atoms with van der Waals surface area (Å²) in [6.07, 6.45) is 3.21. The van der Waals surface area contributed by atoms with E-state index in [1.54, 1.807) is 0 Å². The van der Waals surface area contributed by atoms with Crippen LogP contribution in [0.15, 0.2) is 0 Å². The Morgan fingerprint density at radius 3 is 3.06 bits per heavy atom. The normalized spacial score (nSPS) is 52.1. The Morgan fingerprint density at radius 2 is 2.28 bits per heavy atom. The first kappa shape index (κ1) is 10.8. The smallest absolute Gasteiger partial charge is 0.327 e. The summed E-state index contributed by atoms with van der Waals surface area (Å²) in [6.45, 7) is 0.866. The van der Waals surface area contributed by atoms with E-state index >= 15 is 0 Å². The molecule has 0 aromatic carbocycles. The highest BCUT2D eigenvalue weighted by Crippen LogP contribution is 2.73. The molecule has 2 bridgehead atoms. The lowest BCUT2D eigenvalue weighted by Gasteiger charge is -2.68. The molecule has 0 amide bonds. The number of ether oxygens (including phenoxy) is 3. The Hall–Kier alpha value is -1.10. The van der Waals surface area contributed by atoms with E-state index in [0.29, 0.717) is 12.5 Å². The van der Waals surface area contributed by atoms with Crippen molar-refractivity contribution in [1.29, 1.82) is 0 Å². The van der Waals surface area contributed by atoms with Gasteiger partial charge in [0.05, 0.1) is 13.7 Å². The van der Waals surface area contributed by atoms with Gasteiger partial charge in [0.1, 0.15) is 12.2 Å². The van der Waals surface area contributed by atoms with Crippen molar-refractivity contribution in [1.82, 2.24) is 0 Å². The summed E-state index contributed by atoms with van der Waals surface area (Å²) < 4.78 is 16.1. The lowest BCUT2D eigenvalue weighted by Crippen LogP contribution is -2.81. The van der Waals surface area contributed by atoms with Crippen molar-refractivity contribution in [3.8, 4) is 0 Å².